The van der Waals surface area contributed by atoms with Gasteiger partial charge in [0.15, 0.2) is 0 Å². The molecule has 1 N–H and O–H groups in total. The van der Waals surface area contributed by atoms with Gasteiger partial charge in [0.25, 0.3) is 0 Å². The van der Waals surface area contributed by atoms with E-state index in [2.05, 4.69) is 27.2 Å². The van der Waals surface area contributed by atoms with E-state index in [0.717, 1.165) is 11.3 Å². The van der Waals surface area contributed by atoms with Crippen LogP contribution in [0.1, 0.15) is 6.92 Å². The van der Waals surface area contributed by atoms with Gasteiger partial charge in [-0.2, -0.15) is 5.10 Å². The standard InChI is InChI=1S/C7H10N4/c1-6-3-10-11-4-7(6)9-5-8-2/h3,5,11H,2,4H2,1H3/b9-5-. The van der Waals surface area contributed by atoms with Gasteiger partial charge in [-0.05, 0) is 19.2 Å². The van der Waals surface area contributed by atoms with Crippen LogP contribution in [-0.2, 0) is 0 Å². The van der Waals surface area contributed by atoms with Gasteiger partial charge in [-0.3, -0.25) is 4.99 Å². The molecule has 1 heterocycles. The zero-order chi connectivity index (χ0) is 8.10. The van der Waals surface area contributed by atoms with Crippen molar-refractivity contribution < 1.29 is 0 Å². The minimum absolute atomic E-state index is 0.661. The number of nitrogens with zero attached hydrogens (tertiary/aromatic N) is 3. The lowest BCUT2D eigenvalue weighted by Crippen LogP contribution is -2.15. The van der Waals surface area contributed by atoms with E-state index in [1.807, 2.05) is 6.92 Å². The maximum atomic E-state index is 4.05. The van der Waals surface area contributed by atoms with E-state index < -0.39 is 0 Å². The number of nitrogens with one attached hydrogen (secondary N) is 1. The molecular formula is C7H10N4. The quantitative estimate of drug-likeness (QED) is 0.454. The van der Waals surface area contributed by atoms with Gasteiger partial charge < -0.3 is 5.43 Å². The Morgan fingerprint density at radius 2 is 2.64 bits per heavy atom. The fraction of sp³-hybridized carbons (Fsp3) is 0.286. The number of rotatable bonds is 2. The predicted octanol–water partition coefficient (Wildman–Crippen LogP) is 0.578. The molecule has 0 aromatic rings. The minimum atomic E-state index is 0.661. The molecule has 0 unspecified atom stereocenters. The zero-order valence-corrected chi connectivity index (χ0v) is 6.41. The third-order valence-electron chi connectivity index (χ3n) is 1.35. The van der Waals surface area contributed by atoms with Gasteiger partial charge in [-0.25, -0.2) is 4.99 Å². The summed E-state index contributed by atoms with van der Waals surface area (Å²) in [5.41, 5.74) is 4.82. The molecule has 4 nitrogen and oxygen atoms in total. The third-order valence-corrected chi connectivity index (χ3v) is 1.35. The monoisotopic (exact) mass is 150 g/mol. The molecule has 11 heavy (non-hydrogen) atoms. The number of aliphatic imine (C=N–C) groups is 2. The number of allylic oxidation sites excluding steroid dienone is 1. The highest BCUT2D eigenvalue weighted by Crippen LogP contribution is 2.04. The summed E-state index contributed by atoms with van der Waals surface area (Å²) < 4.78 is 0. The SMILES string of the molecule is C=N/C=N\C1=C(C)C=NNC1. The van der Waals surface area contributed by atoms with Crippen molar-refractivity contribution in [3.63, 3.8) is 0 Å². The molecule has 0 aromatic heterocycles. The average molecular weight is 150 g/mol. The first kappa shape index (κ1) is 7.65. The van der Waals surface area contributed by atoms with Crippen LogP contribution in [0.2, 0.25) is 0 Å². The molecule has 0 saturated heterocycles. The summed E-state index contributed by atoms with van der Waals surface area (Å²) in [7, 11) is 0. The Balaban J connectivity index is 2.75. The van der Waals surface area contributed by atoms with Gasteiger partial charge in [0.2, 0.25) is 0 Å². The highest BCUT2D eigenvalue weighted by Gasteiger charge is 2.01. The lowest BCUT2D eigenvalue weighted by Gasteiger charge is -2.08. The van der Waals surface area contributed by atoms with Crippen molar-refractivity contribution in [3.8, 4) is 0 Å². The predicted molar refractivity (Wildman–Crippen MR) is 47.2 cm³/mol. The van der Waals surface area contributed by atoms with Crippen LogP contribution in [-0.4, -0.2) is 25.8 Å². The lowest BCUT2D eigenvalue weighted by molar-refractivity contribution is 0.779. The second kappa shape index (κ2) is 3.65. The van der Waals surface area contributed by atoms with Crippen LogP contribution >= 0.6 is 0 Å². The lowest BCUT2D eigenvalue weighted by atomic mass is 10.2. The Morgan fingerprint density at radius 1 is 1.82 bits per heavy atom. The normalized spacial score (nSPS) is 17.2. The van der Waals surface area contributed by atoms with Crippen molar-refractivity contribution >= 4 is 19.3 Å². The molecule has 0 saturated carbocycles. The molecule has 1 aliphatic rings. The van der Waals surface area contributed by atoms with Crippen molar-refractivity contribution in [3.05, 3.63) is 11.3 Å². The smallest absolute Gasteiger partial charge is 0.114 e. The molecule has 58 valence electrons. The van der Waals surface area contributed by atoms with Crippen LogP contribution in [0.5, 0.6) is 0 Å². The van der Waals surface area contributed by atoms with Gasteiger partial charge in [0, 0.05) is 0 Å². The molecule has 0 fully saturated rings. The molecule has 4 heteroatoms. The van der Waals surface area contributed by atoms with Gasteiger partial charge in [-0.1, -0.05) is 0 Å². The molecule has 0 radical (unpaired) electrons. The first-order valence-electron chi connectivity index (χ1n) is 3.28. The Labute approximate surface area is 65.4 Å². The Bertz CT molecular complexity index is 237. The summed E-state index contributed by atoms with van der Waals surface area (Å²) in [4.78, 5) is 7.57. The van der Waals surface area contributed by atoms with Crippen molar-refractivity contribution in [2.24, 2.45) is 15.1 Å². The van der Waals surface area contributed by atoms with Gasteiger partial charge >= 0.3 is 0 Å². The van der Waals surface area contributed by atoms with Crippen LogP contribution in [0.15, 0.2) is 26.4 Å². The number of hydrogen-bond donors (Lipinski definition) is 1. The maximum absolute atomic E-state index is 4.05. The molecule has 0 aromatic carbocycles. The van der Waals surface area contributed by atoms with Gasteiger partial charge in [-0.15, -0.1) is 0 Å². The van der Waals surface area contributed by atoms with E-state index >= 15 is 0 Å². The molecule has 1 rings (SSSR count). The Hall–Kier alpha value is -1.45. The fourth-order valence-corrected chi connectivity index (χ4v) is 0.735. The summed E-state index contributed by atoms with van der Waals surface area (Å²) in [5.74, 6) is 0. The molecular weight excluding hydrogens is 140 g/mol. The number of hydrazone groups is 1. The highest BCUT2D eigenvalue weighted by atomic mass is 15.3. The molecule has 1 aliphatic heterocycles. The molecule has 0 spiro atoms. The highest BCUT2D eigenvalue weighted by molar-refractivity contribution is 5.80. The molecule has 0 aliphatic carbocycles. The maximum Gasteiger partial charge on any atom is 0.114 e. The fourth-order valence-electron chi connectivity index (χ4n) is 0.735. The zero-order valence-electron chi connectivity index (χ0n) is 6.41. The average Bonchev–Trinajstić information content (AvgIpc) is 2.03. The third kappa shape index (κ3) is 2.00. The molecule has 0 bridgehead atoms. The van der Waals surface area contributed by atoms with Crippen molar-refractivity contribution in [1.29, 1.82) is 0 Å². The Morgan fingerprint density at radius 3 is 3.27 bits per heavy atom. The van der Waals surface area contributed by atoms with Crippen molar-refractivity contribution in [1.82, 2.24) is 5.43 Å². The summed E-state index contributed by atoms with van der Waals surface area (Å²) in [5, 5.41) is 3.86. The van der Waals surface area contributed by atoms with Crippen LogP contribution in [0.25, 0.3) is 0 Å². The largest absolute Gasteiger partial charge is 0.304 e. The van der Waals surface area contributed by atoms with Crippen molar-refractivity contribution in [2.75, 3.05) is 6.54 Å². The molecule has 0 amide bonds. The van der Waals surface area contributed by atoms with E-state index in [9.17, 15) is 0 Å². The van der Waals surface area contributed by atoms with Crippen LogP contribution in [0.4, 0.5) is 0 Å². The van der Waals surface area contributed by atoms with E-state index in [0.29, 0.717) is 6.54 Å². The van der Waals surface area contributed by atoms with Gasteiger partial charge in [0.05, 0.1) is 18.5 Å². The first-order chi connectivity index (χ1) is 5.34. The van der Waals surface area contributed by atoms with E-state index in [-0.39, 0.29) is 0 Å². The summed E-state index contributed by atoms with van der Waals surface area (Å²) in [6, 6.07) is 0. The van der Waals surface area contributed by atoms with Gasteiger partial charge in [0.1, 0.15) is 6.34 Å². The van der Waals surface area contributed by atoms with E-state index in [1.165, 1.54) is 6.34 Å². The second-order valence-corrected chi connectivity index (χ2v) is 2.15. The second-order valence-electron chi connectivity index (χ2n) is 2.15. The van der Waals surface area contributed by atoms with Crippen LogP contribution < -0.4 is 5.43 Å². The summed E-state index contributed by atoms with van der Waals surface area (Å²) in [6.45, 7) is 5.91. The van der Waals surface area contributed by atoms with Crippen LogP contribution in [0.3, 0.4) is 0 Å². The van der Waals surface area contributed by atoms with Crippen molar-refractivity contribution in [2.45, 2.75) is 6.92 Å². The molecule has 0 atom stereocenters. The van der Waals surface area contributed by atoms with E-state index in [4.69, 9.17) is 0 Å². The topological polar surface area (TPSA) is 49.1 Å². The summed E-state index contributed by atoms with van der Waals surface area (Å²) in [6.07, 6.45) is 3.17. The summed E-state index contributed by atoms with van der Waals surface area (Å²) >= 11 is 0. The Kier molecular flexibility index (Phi) is 2.54. The first-order valence-corrected chi connectivity index (χ1v) is 3.28. The number of hydrogen-bond acceptors (Lipinski definition) is 3. The van der Waals surface area contributed by atoms with E-state index in [1.54, 1.807) is 6.21 Å². The minimum Gasteiger partial charge on any atom is -0.304 e. The van der Waals surface area contributed by atoms with Crippen LogP contribution in [0, 0.1) is 0 Å².